The van der Waals surface area contributed by atoms with Crippen molar-refractivity contribution in [1.29, 1.82) is 0 Å². The Hall–Kier alpha value is -0.520. The van der Waals surface area contributed by atoms with Crippen molar-refractivity contribution in [2.75, 3.05) is 12.3 Å². The van der Waals surface area contributed by atoms with Gasteiger partial charge >= 0.3 is 0 Å². The van der Waals surface area contributed by atoms with E-state index in [1.54, 1.807) is 6.92 Å². The largest absolute Gasteiger partial charge is 0.389 e. The lowest BCUT2D eigenvalue weighted by molar-refractivity contribution is -0.118. The van der Waals surface area contributed by atoms with Crippen LogP contribution in [0.15, 0.2) is 27.6 Å². The molecule has 3 nitrogen and oxygen atoms in total. The molecule has 1 aromatic rings. The van der Waals surface area contributed by atoms with Crippen molar-refractivity contribution in [2.24, 2.45) is 0 Å². The Labute approximate surface area is 120 Å². The molecule has 1 amide bonds. The maximum absolute atomic E-state index is 11.5. The Morgan fingerprint density at radius 2 is 2.28 bits per heavy atom. The Bertz CT molecular complexity index is 410. The molecular formula is C13H18BrNO2S. The summed E-state index contributed by atoms with van der Waals surface area (Å²) in [5.74, 6) is 0.459. The topological polar surface area (TPSA) is 49.3 Å². The van der Waals surface area contributed by atoms with Gasteiger partial charge in [0.25, 0.3) is 0 Å². The van der Waals surface area contributed by atoms with Crippen LogP contribution in [0, 0.1) is 0 Å². The van der Waals surface area contributed by atoms with Crippen LogP contribution in [0.1, 0.15) is 31.9 Å². The van der Waals surface area contributed by atoms with Crippen LogP contribution in [0.2, 0.25) is 0 Å². The first-order valence-electron chi connectivity index (χ1n) is 5.91. The minimum Gasteiger partial charge on any atom is -0.389 e. The molecule has 18 heavy (non-hydrogen) atoms. The van der Waals surface area contributed by atoms with Crippen LogP contribution >= 0.6 is 27.7 Å². The van der Waals surface area contributed by atoms with Gasteiger partial charge < -0.3 is 10.4 Å². The summed E-state index contributed by atoms with van der Waals surface area (Å²) < 4.78 is 0.911. The van der Waals surface area contributed by atoms with Crippen LogP contribution in [-0.2, 0) is 4.79 Å². The summed E-state index contributed by atoms with van der Waals surface area (Å²) in [5.41, 5.74) is 0.863. The number of nitrogens with one attached hydrogen (secondary N) is 1. The fourth-order valence-corrected chi connectivity index (χ4v) is 2.84. The maximum atomic E-state index is 11.5. The third-order valence-electron chi connectivity index (χ3n) is 2.37. The first kappa shape index (κ1) is 15.5. The SMILES string of the molecule is CCCNC(=O)CSc1ccc([C@H](C)O)cc1Br. The van der Waals surface area contributed by atoms with Crippen molar-refractivity contribution in [3.63, 3.8) is 0 Å². The number of carbonyl (C=O) groups is 1. The second kappa shape index (κ2) is 7.81. The number of thioether (sulfide) groups is 1. The lowest BCUT2D eigenvalue weighted by atomic mass is 10.1. The molecule has 0 aliphatic heterocycles. The molecule has 1 atom stereocenters. The Kier molecular flexibility index (Phi) is 6.75. The standard InChI is InChI=1S/C13H18BrNO2S/c1-3-6-15-13(17)8-18-12-5-4-10(9(2)16)7-11(12)14/h4-5,7,9,16H,3,6,8H2,1-2H3,(H,15,17)/t9-/m0/s1. The van der Waals surface area contributed by atoms with Crippen LogP contribution in [0.3, 0.4) is 0 Å². The third kappa shape index (κ3) is 5.00. The summed E-state index contributed by atoms with van der Waals surface area (Å²) in [4.78, 5) is 12.5. The summed E-state index contributed by atoms with van der Waals surface area (Å²) in [6.07, 6.45) is 0.469. The first-order valence-corrected chi connectivity index (χ1v) is 7.69. The number of hydrogen-bond donors (Lipinski definition) is 2. The van der Waals surface area contributed by atoms with E-state index in [2.05, 4.69) is 21.2 Å². The molecule has 100 valence electrons. The Balaban J connectivity index is 2.55. The molecule has 0 heterocycles. The van der Waals surface area contributed by atoms with E-state index in [-0.39, 0.29) is 5.91 Å². The van der Waals surface area contributed by atoms with E-state index in [1.165, 1.54) is 11.8 Å². The second-order valence-electron chi connectivity index (χ2n) is 4.00. The number of halogens is 1. The van der Waals surface area contributed by atoms with Gasteiger partial charge in [0.2, 0.25) is 5.91 Å². The predicted octanol–water partition coefficient (Wildman–Crippen LogP) is 3.12. The molecule has 0 aliphatic carbocycles. The molecular weight excluding hydrogens is 314 g/mol. The molecule has 1 rings (SSSR count). The van der Waals surface area contributed by atoms with E-state index in [9.17, 15) is 9.90 Å². The summed E-state index contributed by atoms with van der Waals surface area (Å²) >= 11 is 4.94. The second-order valence-corrected chi connectivity index (χ2v) is 5.88. The van der Waals surface area contributed by atoms with Gasteiger partial charge in [-0.05, 0) is 47.0 Å². The minimum atomic E-state index is -0.479. The summed E-state index contributed by atoms with van der Waals surface area (Å²) in [6.45, 7) is 4.48. The molecule has 0 radical (unpaired) electrons. The smallest absolute Gasteiger partial charge is 0.230 e. The van der Waals surface area contributed by atoms with Crippen molar-refractivity contribution in [3.05, 3.63) is 28.2 Å². The normalized spacial score (nSPS) is 12.2. The van der Waals surface area contributed by atoms with Crippen molar-refractivity contribution in [2.45, 2.75) is 31.3 Å². The Morgan fingerprint density at radius 3 is 2.83 bits per heavy atom. The van der Waals surface area contributed by atoms with Gasteiger partial charge in [-0.15, -0.1) is 11.8 Å². The highest BCUT2D eigenvalue weighted by Gasteiger charge is 2.08. The van der Waals surface area contributed by atoms with Crippen LogP contribution in [0.4, 0.5) is 0 Å². The molecule has 1 aromatic carbocycles. The van der Waals surface area contributed by atoms with Crippen molar-refractivity contribution in [3.8, 4) is 0 Å². The molecule has 2 N–H and O–H groups in total. The highest BCUT2D eigenvalue weighted by molar-refractivity contribution is 9.10. The van der Waals surface area contributed by atoms with Gasteiger partial charge in [0.05, 0.1) is 11.9 Å². The molecule has 0 bridgehead atoms. The lowest BCUT2D eigenvalue weighted by Crippen LogP contribution is -2.25. The van der Waals surface area contributed by atoms with Gasteiger partial charge in [0, 0.05) is 15.9 Å². The molecule has 0 aliphatic rings. The number of amides is 1. The van der Waals surface area contributed by atoms with E-state index < -0.39 is 6.10 Å². The zero-order valence-corrected chi connectivity index (χ0v) is 13.0. The van der Waals surface area contributed by atoms with Crippen LogP contribution in [-0.4, -0.2) is 23.3 Å². The first-order chi connectivity index (χ1) is 8.54. The van der Waals surface area contributed by atoms with Crippen LogP contribution < -0.4 is 5.32 Å². The van der Waals surface area contributed by atoms with E-state index in [0.717, 1.165) is 27.9 Å². The average Bonchev–Trinajstić information content (AvgIpc) is 2.34. The van der Waals surface area contributed by atoms with Crippen LogP contribution in [0.5, 0.6) is 0 Å². The van der Waals surface area contributed by atoms with Gasteiger partial charge in [0.1, 0.15) is 0 Å². The number of rotatable bonds is 6. The summed E-state index contributed by atoms with van der Waals surface area (Å²) in [6, 6.07) is 5.68. The highest BCUT2D eigenvalue weighted by atomic mass is 79.9. The van der Waals surface area contributed by atoms with Crippen molar-refractivity contribution in [1.82, 2.24) is 5.32 Å². The zero-order chi connectivity index (χ0) is 13.5. The maximum Gasteiger partial charge on any atom is 0.230 e. The summed E-state index contributed by atoms with van der Waals surface area (Å²) in [7, 11) is 0. The molecule has 0 spiro atoms. The van der Waals surface area contributed by atoms with Crippen molar-refractivity contribution < 1.29 is 9.90 Å². The highest BCUT2D eigenvalue weighted by Crippen LogP contribution is 2.29. The van der Waals surface area contributed by atoms with Crippen molar-refractivity contribution >= 4 is 33.6 Å². The number of aliphatic hydroxyl groups is 1. The van der Waals surface area contributed by atoms with Crippen LogP contribution in [0.25, 0.3) is 0 Å². The predicted molar refractivity (Wildman–Crippen MR) is 78.8 cm³/mol. The van der Waals surface area contributed by atoms with E-state index in [1.807, 2.05) is 25.1 Å². The molecule has 0 aromatic heterocycles. The molecule has 0 saturated heterocycles. The van der Waals surface area contributed by atoms with Gasteiger partial charge in [-0.25, -0.2) is 0 Å². The fraction of sp³-hybridized carbons (Fsp3) is 0.462. The van der Waals surface area contributed by atoms with E-state index in [4.69, 9.17) is 0 Å². The molecule has 5 heteroatoms. The number of aliphatic hydroxyl groups excluding tert-OH is 1. The molecule has 0 saturated carbocycles. The van der Waals surface area contributed by atoms with Gasteiger partial charge in [-0.3, -0.25) is 4.79 Å². The average molecular weight is 332 g/mol. The van der Waals surface area contributed by atoms with Gasteiger partial charge in [-0.1, -0.05) is 13.0 Å². The van der Waals surface area contributed by atoms with Gasteiger partial charge in [0.15, 0.2) is 0 Å². The zero-order valence-electron chi connectivity index (χ0n) is 10.6. The summed E-state index contributed by atoms with van der Waals surface area (Å²) in [5, 5.41) is 12.3. The third-order valence-corrected chi connectivity index (χ3v) is 4.36. The van der Waals surface area contributed by atoms with Gasteiger partial charge in [-0.2, -0.15) is 0 Å². The number of carbonyl (C=O) groups excluding carboxylic acids is 1. The van der Waals surface area contributed by atoms with E-state index in [0.29, 0.717) is 5.75 Å². The quantitative estimate of drug-likeness (QED) is 0.787. The number of hydrogen-bond acceptors (Lipinski definition) is 3. The van der Waals surface area contributed by atoms with E-state index >= 15 is 0 Å². The number of benzene rings is 1. The Morgan fingerprint density at radius 1 is 1.56 bits per heavy atom. The molecule has 0 unspecified atom stereocenters. The minimum absolute atomic E-state index is 0.0494. The molecule has 0 fully saturated rings. The monoisotopic (exact) mass is 331 g/mol. The fourth-order valence-electron chi connectivity index (χ4n) is 1.35. The lowest BCUT2D eigenvalue weighted by Gasteiger charge is -2.09.